The molecule has 3 N–H and O–H groups in total. The third kappa shape index (κ3) is 4.51. The average molecular weight is 377 g/mol. The molecule has 11 heteroatoms. The molecule has 0 unspecified atom stereocenters. The fourth-order valence-corrected chi connectivity index (χ4v) is 2.10. The summed E-state index contributed by atoms with van der Waals surface area (Å²) in [7, 11) is 0. The largest absolute Gasteiger partial charge is 0.367 e. The van der Waals surface area contributed by atoms with E-state index in [9.17, 15) is 18.0 Å². The molecule has 0 bridgehead atoms. The molecular weight excluding hydrogens is 363 g/mol. The van der Waals surface area contributed by atoms with E-state index in [1.54, 1.807) is 35.3 Å². The highest BCUT2D eigenvalue weighted by Crippen LogP contribution is 2.19. The van der Waals surface area contributed by atoms with Crippen LogP contribution in [-0.2, 0) is 0 Å². The Kier molecular flexibility index (Phi) is 5.50. The van der Waals surface area contributed by atoms with Gasteiger partial charge in [0.2, 0.25) is 0 Å². The molecule has 2 heterocycles. The molecule has 3 rings (SSSR count). The number of carbonyl (C=O) groups excluding carboxylic acids is 1. The molecule has 0 aliphatic carbocycles. The van der Waals surface area contributed by atoms with Gasteiger partial charge in [0, 0.05) is 25.5 Å². The summed E-state index contributed by atoms with van der Waals surface area (Å²) in [6.07, 6.45) is 3.35. The molecule has 0 spiro atoms. The zero-order chi connectivity index (χ0) is 19.2. The Labute approximate surface area is 151 Å². The summed E-state index contributed by atoms with van der Waals surface area (Å²) in [4.78, 5) is 11.7. The van der Waals surface area contributed by atoms with Gasteiger partial charge >= 0.3 is 6.03 Å². The molecule has 0 fully saturated rings. The lowest BCUT2D eigenvalue weighted by Crippen LogP contribution is -2.33. The Morgan fingerprint density at radius 2 is 1.89 bits per heavy atom. The van der Waals surface area contributed by atoms with E-state index in [4.69, 9.17) is 0 Å². The Hall–Kier alpha value is -3.63. The average Bonchev–Trinajstić information content (AvgIpc) is 3.21. The van der Waals surface area contributed by atoms with E-state index in [1.165, 1.54) is 0 Å². The Bertz CT molecular complexity index is 917. The van der Waals surface area contributed by atoms with Crippen LogP contribution in [0.4, 0.5) is 29.5 Å². The van der Waals surface area contributed by atoms with Gasteiger partial charge in [-0.15, -0.1) is 10.2 Å². The van der Waals surface area contributed by atoms with Crippen LogP contribution in [0.15, 0.2) is 42.7 Å². The van der Waals surface area contributed by atoms with Crippen molar-refractivity contribution in [2.75, 3.05) is 23.7 Å². The Morgan fingerprint density at radius 1 is 1.04 bits per heavy atom. The van der Waals surface area contributed by atoms with Crippen LogP contribution < -0.4 is 16.0 Å². The zero-order valence-corrected chi connectivity index (χ0v) is 13.8. The second-order valence-electron chi connectivity index (χ2n) is 5.26. The summed E-state index contributed by atoms with van der Waals surface area (Å²) < 4.78 is 41.0. The van der Waals surface area contributed by atoms with Crippen LogP contribution in [0, 0.1) is 17.5 Å². The standard InChI is InChI=1S/C16H14F3N7O/c17-10-2-3-11(15(19)14(10)18)23-16(27)21-8-7-20-12-4-5-13(25-24-12)26-9-1-6-22-26/h1-6,9H,7-8H2,(H,20,24)(H2,21,23,27). The molecule has 0 saturated heterocycles. The highest BCUT2D eigenvalue weighted by molar-refractivity contribution is 5.89. The van der Waals surface area contributed by atoms with Crippen LogP contribution in [0.1, 0.15) is 0 Å². The van der Waals surface area contributed by atoms with E-state index in [2.05, 4.69) is 31.2 Å². The minimum atomic E-state index is -1.65. The van der Waals surface area contributed by atoms with Crippen molar-refractivity contribution in [1.29, 1.82) is 0 Å². The Morgan fingerprint density at radius 3 is 2.59 bits per heavy atom. The highest BCUT2D eigenvalue weighted by atomic mass is 19.2. The third-order valence-electron chi connectivity index (χ3n) is 3.39. The van der Waals surface area contributed by atoms with Crippen molar-refractivity contribution < 1.29 is 18.0 Å². The lowest BCUT2D eigenvalue weighted by atomic mass is 10.3. The number of anilines is 2. The molecule has 1 aromatic carbocycles. The summed E-state index contributed by atoms with van der Waals surface area (Å²) in [5.74, 6) is -3.40. The van der Waals surface area contributed by atoms with Gasteiger partial charge in [-0.2, -0.15) is 5.10 Å². The quantitative estimate of drug-likeness (QED) is 0.453. The lowest BCUT2D eigenvalue weighted by molar-refractivity contribution is 0.252. The minimum absolute atomic E-state index is 0.166. The maximum absolute atomic E-state index is 13.5. The molecule has 0 atom stereocenters. The normalized spacial score (nSPS) is 10.5. The van der Waals surface area contributed by atoms with Crippen LogP contribution in [0.3, 0.4) is 0 Å². The number of nitrogens with zero attached hydrogens (tertiary/aromatic N) is 4. The first-order chi connectivity index (χ1) is 13.0. The maximum Gasteiger partial charge on any atom is 0.319 e. The van der Waals surface area contributed by atoms with Gasteiger partial charge in [-0.3, -0.25) is 0 Å². The van der Waals surface area contributed by atoms with Gasteiger partial charge in [-0.1, -0.05) is 0 Å². The summed E-state index contributed by atoms with van der Waals surface area (Å²) >= 11 is 0. The van der Waals surface area contributed by atoms with Crippen molar-refractivity contribution in [2.45, 2.75) is 0 Å². The van der Waals surface area contributed by atoms with E-state index in [-0.39, 0.29) is 6.54 Å². The molecule has 8 nitrogen and oxygen atoms in total. The van der Waals surface area contributed by atoms with E-state index >= 15 is 0 Å². The second kappa shape index (κ2) is 8.17. The number of urea groups is 1. The highest BCUT2D eigenvalue weighted by Gasteiger charge is 2.14. The van der Waals surface area contributed by atoms with Crippen molar-refractivity contribution in [2.24, 2.45) is 0 Å². The maximum atomic E-state index is 13.5. The number of carbonyl (C=O) groups is 1. The first-order valence-electron chi connectivity index (χ1n) is 7.80. The fraction of sp³-hybridized carbons (Fsp3) is 0.125. The number of hydrogen-bond acceptors (Lipinski definition) is 5. The van der Waals surface area contributed by atoms with Crippen LogP contribution in [0.25, 0.3) is 5.82 Å². The van der Waals surface area contributed by atoms with Gasteiger partial charge in [0.15, 0.2) is 23.3 Å². The number of nitrogens with one attached hydrogen (secondary N) is 3. The number of amides is 2. The SMILES string of the molecule is O=C(NCCNc1ccc(-n2cccn2)nn1)Nc1ccc(F)c(F)c1F. The van der Waals surface area contributed by atoms with E-state index in [0.717, 1.165) is 12.1 Å². The van der Waals surface area contributed by atoms with Gasteiger partial charge in [0.1, 0.15) is 5.82 Å². The molecule has 2 amide bonds. The van der Waals surface area contributed by atoms with E-state index in [1.807, 2.05) is 0 Å². The van der Waals surface area contributed by atoms with Crippen molar-refractivity contribution in [3.8, 4) is 5.82 Å². The molecule has 3 aromatic rings. The van der Waals surface area contributed by atoms with Crippen molar-refractivity contribution >= 4 is 17.5 Å². The molecule has 0 saturated carbocycles. The van der Waals surface area contributed by atoms with Crippen molar-refractivity contribution in [3.05, 3.63) is 60.2 Å². The predicted molar refractivity (Wildman–Crippen MR) is 91.0 cm³/mol. The summed E-state index contributed by atoms with van der Waals surface area (Å²) in [6.45, 7) is 0.475. The monoisotopic (exact) mass is 377 g/mol. The molecular formula is C16H14F3N7O. The number of hydrogen-bond donors (Lipinski definition) is 3. The molecule has 27 heavy (non-hydrogen) atoms. The van der Waals surface area contributed by atoms with Gasteiger partial charge in [-0.25, -0.2) is 22.6 Å². The smallest absolute Gasteiger partial charge is 0.319 e. The first-order valence-corrected chi connectivity index (χ1v) is 7.80. The topological polar surface area (TPSA) is 96.8 Å². The second-order valence-corrected chi connectivity index (χ2v) is 5.26. The lowest BCUT2D eigenvalue weighted by Gasteiger charge is -2.10. The molecule has 0 aliphatic heterocycles. The van der Waals surface area contributed by atoms with Crippen molar-refractivity contribution in [3.63, 3.8) is 0 Å². The molecule has 0 aliphatic rings. The van der Waals surface area contributed by atoms with Crippen LogP contribution in [-0.4, -0.2) is 39.1 Å². The molecule has 140 valence electrons. The first kappa shape index (κ1) is 18.2. The van der Waals surface area contributed by atoms with Gasteiger partial charge in [0.05, 0.1) is 5.69 Å². The summed E-state index contributed by atoms with van der Waals surface area (Å²) in [5.41, 5.74) is -0.459. The molecule has 2 aromatic heterocycles. The summed E-state index contributed by atoms with van der Waals surface area (Å²) in [5, 5.41) is 19.5. The van der Waals surface area contributed by atoms with Crippen molar-refractivity contribution in [1.82, 2.24) is 25.3 Å². The van der Waals surface area contributed by atoms with Crippen LogP contribution in [0.5, 0.6) is 0 Å². The van der Waals surface area contributed by atoms with Crippen LogP contribution >= 0.6 is 0 Å². The summed E-state index contributed by atoms with van der Waals surface area (Å²) in [6, 6.07) is 6.07. The van der Waals surface area contributed by atoms with Gasteiger partial charge in [0.25, 0.3) is 0 Å². The number of benzene rings is 1. The number of halogens is 3. The van der Waals surface area contributed by atoms with Gasteiger partial charge < -0.3 is 16.0 Å². The number of rotatable bonds is 6. The third-order valence-corrected chi connectivity index (χ3v) is 3.39. The fourth-order valence-electron chi connectivity index (χ4n) is 2.10. The van der Waals surface area contributed by atoms with E-state index in [0.29, 0.717) is 18.2 Å². The number of aromatic nitrogens is 4. The Balaban J connectivity index is 1.43. The zero-order valence-electron chi connectivity index (χ0n) is 13.8. The van der Waals surface area contributed by atoms with E-state index < -0.39 is 29.2 Å². The predicted octanol–water partition coefficient (Wildman–Crippen LogP) is 2.31. The van der Waals surface area contributed by atoms with Crippen LogP contribution in [0.2, 0.25) is 0 Å². The van der Waals surface area contributed by atoms with Gasteiger partial charge in [-0.05, 0) is 30.3 Å². The molecule has 0 radical (unpaired) electrons. The minimum Gasteiger partial charge on any atom is -0.367 e.